The lowest BCUT2D eigenvalue weighted by Gasteiger charge is -2.21. The summed E-state index contributed by atoms with van der Waals surface area (Å²) in [6, 6.07) is 4.60. The van der Waals surface area contributed by atoms with Gasteiger partial charge in [0.25, 0.3) is 0 Å². The molecule has 0 radical (unpaired) electrons. The van der Waals surface area contributed by atoms with Crippen LogP contribution >= 0.6 is 15.9 Å². The zero-order valence-electron chi connectivity index (χ0n) is 13.1. The molecular formula is C15H18BrFN4O2. The van der Waals surface area contributed by atoms with Crippen molar-refractivity contribution in [2.24, 2.45) is 0 Å². The zero-order valence-corrected chi connectivity index (χ0v) is 14.7. The molecule has 6 nitrogen and oxygen atoms in total. The standard InChI is InChI=1S/C15H18BrFN4O2/c1-15(2,3)23-13(22)7-10(14-18-20-21-19-14)4-9-5-11(16)8-12(17)6-9/h5-6,8,10H,4,7H2,1-3H3,(H,18,19,20,21). The molecular weight excluding hydrogens is 367 g/mol. The first-order chi connectivity index (χ1) is 10.7. The second-order valence-corrected chi connectivity index (χ2v) is 7.15. The van der Waals surface area contributed by atoms with Crippen molar-refractivity contribution in [1.29, 1.82) is 0 Å². The number of ether oxygens (including phenoxy) is 1. The largest absolute Gasteiger partial charge is 0.460 e. The number of benzene rings is 1. The highest BCUT2D eigenvalue weighted by atomic mass is 79.9. The Morgan fingerprint density at radius 1 is 1.39 bits per heavy atom. The van der Waals surface area contributed by atoms with Crippen molar-refractivity contribution in [2.45, 2.75) is 45.1 Å². The third kappa shape index (κ3) is 5.70. The Morgan fingerprint density at radius 2 is 2.13 bits per heavy atom. The summed E-state index contributed by atoms with van der Waals surface area (Å²) in [7, 11) is 0. The minimum Gasteiger partial charge on any atom is -0.460 e. The molecule has 8 heteroatoms. The molecule has 0 aliphatic rings. The van der Waals surface area contributed by atoms with Crippen LogP contribution in [0.25, 0.3) is 0 Å². The molecule has 0 fully saturated rings. The number of nitrogens with zero attached hydrogens (tertiary/aromatic N) is 3. The van der Waals surface area contributed by atoms with Crippen molar-refractivity contribution in [1.82, 2.24) is 20.6 Å². The molecule has 1 heterocycles. The molecule has 0 aliphatic heterocycles. The molecule has 0 saturated heterocycles. The van der Waals surface area contributed by atoms with Gasteiger partial charge in [-0.2, -0.15) is 5.21 Å². The van der Waals surface area contributed by atoms with E-state index in [1.54, 1.807) is 26.8 Å². The van der Waals surface area contributed by atoms with Crippen LogP contribution in [-0.2, 0) is 16.0 Å². The average molecular weight is 385 g/mol. The fourth-order valence-corrected chi connectivity index (χ4v) is 2.71. The first kappa shape index (κ1) is 17.5. The van der Waals surface area contributed by atoms with Crippen molar-refractivity contribution < 1.29 is 13.9 Å². The molecule has 0 aliphatic carbocycles. The maximum atomic E-state index is 13.5. The fraction of sp³-hybridized carbons (Fsp3) is 0.467. The monoisotopic (exact) mass is 384 g/mol. The average Bonchev–Trinajstić information content (AvgIpc) is 2.87. The van der Waals surface area contributed by atoms with E-state index in [4.69, 9.17) is 4.74 Å². The van der Waals surface area contributed by atoms with Crippen molar-refractivity contribution in [3.63, 3.8) is 0 Å². The van der Waals surface area contributed by atoms with Crippen LogP contribution in [0.1, 0.15) is 44.5 Å². The molecule has 1 unspecified atom stereocenters. The van der Waals surface area contributed by atoms with Gasteiger partial charge in [-0.15, -0.1) is 10.2 Å². The molecule has 0 amide bonds. The maximum Gasteiger partial charge on any atom is 0.307 e. The summed E-state index contributed by atoms with van der Waals surface area (Å²) in [5, 5.41) is 13.8. The van der Waals surface area contributed by atoms with E-state index in [-0.39, 0.29) is 24.1 Å². The van der Waals surface area contributed by atoms with Gasteiger partial charge in [-0.1, -0.05) is 21.1 Å². The van der Waals surface area contributed by atoms with Crippen LogP contribution in [-0.4, -0.2) is 32.2 Å². The quantitative estimate of drug-likeness (QED) is 0.800. The summed E-state index contributed by atoms with van der Waals surface area (Å²) in [5.74, 6) is -0.658. The number of carbonyl (C=O) groups is 1. The smallest absolute Gasteiger partial charge is 0.307 e. The van der Waals surface area contributed by atoms with Crippen LogP contribution in [0.2, 0.25) is 0 Å². The van der Waals surface area contributed by atoms with Crippen LogP contribution in [0.3, 0.4) is 0 Å². The lowest BCUT2D eigenvalue weighted by molar-refractivity contribution is -0.155. The molecule has 23 heavy (non-hydrogen) atoms. The van der Waals surface area contributed by atoms with E-state index in [1.165, 1.54) is 12.1 Å². The number of carbonyl (C=O) groups excluding carboxylic acids is 1. The molecule has 0 bridgehead atoms. The van der Waals surface area contributed by atoms with Gasteiger partial charge < -0.3 is 4.74 Å². The van der Waals surface area contributed by atoms with E-state index < -0.39 is 5.60 Å². The minimum absolute atomic E-state index is 0.0882. The van der Waals surface area contributed by atoms with Crippen LogP contribution in [0, 0.1) is 5.82 Å². The first-order valence-electron chi connectivity index (χ1n) is 7.13. The van der Waals surface area contributed by atoms with Gasteiger partial charge >= 0.3 is 5.97 Å². The zero-order chi connectivity index (χ0) is 17.0. The summed E-state index contributed by atoms with van der Waals surface area (Å²) in [5.41, 5.74) is 0.163. The van der Waals surface area contributed by atoms with Crippen LogP contribution < -0.4 is 0 Å². The third-order valence-electron chi connectivity index (χ3n) is 2.96. The van der Waals surface area contributed by atoms with Gasteiger partial charge in [0, 0.05) is 10.4 Å². The highest BCUT2D eigenvalue weighted by Crippen LogP contribution is 2.25. The summed E-state index contributed by atoms with van der Waals surface area (Å²) < 4.78 is 19.5. The molecule has 2 aromatic rings. The normalized spacial score (nSPS) is 12.9. The Hall–Kier alpha value is -1.83. The van der Waals surface area contributed by atoms with Gasteiger partial charge in [-0.05, 0) is 51.0 Å². The van der Waals surface area contributed by atoms with Gasteiger partial charge in [0.1, 0.15) is 11.4 Å². The first-order valence-corrected chi connectivity index (χ1v) is 7.92. The van der Waals surface area contributed by atoms with Crippen LogP contribution in [0.4, 0.5) is 4.39 Å². The molecule has 124 valence electrons. The Kier molecular flexibility index (Phi) is 5.46. The lowest BCUT2D eigenvalue weighted by Crippen LogP contribution is -2.25. The second kappa shape index (κ2) is 7.16. The third-order valence-corrected chi connectivity index (χ3v) is 3.42. The lowest BCUT2D eigenvalue weighted by atomic mass is 9.95. The Balaban J connectivity index is 2.17. The number of aromatic nitrogens is 4. The summed E-state index contributed by atoms with van der Waals surface area (Å²) >= 11 is 3.26. The molecule has 0 saturated carbocycles. The number of H-pyrrole nitrogens is 1. The van der Waals surface area contributed by atoms with E-state index in [0.29, 0.717) is 16.7 Å². The molecule has 1 aromatic heterocycles. The van der Waals surface area contributed by atoms with Crippen molar-refractivity contribution in [3.8, 4) is 0 Å². The van der Waals surface area contributed by atoms with Gasteiger partial charge in [-0.25, -0.2) is 4.39 Å². The van der Waals surface area contributed by atoms with E-state index in [2.05, 4.69) is 36.6 Å². The summed E-state index contributed by atoms with van der Waals surface area (Å²) in [4.78, 5) is 12.1. The highest BCUT2D eigenvalue weighted by Gasteiger charge is 2.25. The van der Waals surface area contributed by atoms with E-state index in [1.807, 2.05) is 0 Å². The number of rotatable bonds is 5. The fourth-order valence-electron chi connectivity index (χ4n) is 2.19. The van der Waals surface area contributed by atoms with E-state index >= 15 is 0 Å². The number of nitrogens with one attached hydrogen (secondary N) is 1. The Labute approximate surface area is 141 Å². The number of aromatic amines is 1. The molecule has 0 spiro atoms. The Morgan fingerprint density at radius 3 is 2.70 bits per heavy atom. The highest BCUT2D eigenvalue weighted by molar-refractivity contribution is 9.10. The molecule has 1 N–H and O–H groups in total. The predicted octanol–water partition coefficient (Wildman–Crippen LogP) is 3.16. The minimum atomic E-state index is -0.569. The number of esters is 1. The van der Waals surface area contributed by atoms with Crippen LogP contribution in [0.15, 0.2) is 22.7 Å². The van der Waals surface area contributed by atoms with Crippen molar-refractivity contribution in [3.05, 3.63) is 39.9 Å². The van der Waals surface area contributed by atoms with Crippen molar-refractivity contribution in [2.75, 3.05) is 0 Å². The molecule has 1 aromatic carbocycles. The predicted molar refractivity (Wildman–Crippen MR) is 85.2 cm³/mol. The van der Waals surface area contributed by atoms with E-state index in [0.717, 1.165) is 5.56 Å². The van der Waals surface area contributed by atoms with Gasteiger partial charge in [0.2, 0.25) is 0 Å². The number of tetrazole rings is 1. The van der Waals surface area contributed by atoms with Crippen molar-refractivity contribution >= 4 is 21.9 Å². The SMILES string of the molecule is CC(C)(C)OC(=O)CC(Cc1cc(F)cc(Br)c1)c1nn[nH]n1. The molecule has 2 rings (SSSR count). The molecule has 1 atom stereocenters. The van der Waals surface area contributed by atoms with Gasteiger partial charge in [0.05, 0.1) is 6.42 Å². The second-order valence-electron chi connectivity index (χ2n) is 6.24. The summed E-state index contributed by atoms with van der Waals surface area (Å²) in [6.45, 7) is 5.41. The number of hydrogen-bond donors (Lipinski definition) is 1. The topological polar surface area (TPSA) is 80.8 Å². The Bertz CT molecular complexity index is 650. The van der Waals surface area contributed by atoms with Gasteiger partial charge in [0.15, 0.2) is 5.82 Å². The summed E-state index contributed by atoms with van der Waals surface area (Å²) in [6.07, 6.45) is 0.486. The van der Waals surface area contributed by atoms with Crippen LogP contribution in [0.5, 0.6) is 0 Å². The van der Waals surface area contributed by atoms with E-state index in [9.17, 15) is 9.18 Å². The number of halogens is 2. The maximum absolute atomic E-state index is 13.5. The number of hydrogen-bond acceptors (Lipinski definition) is 5. The van der Waals surface area contributed by atoms with Gasteiger partial charge in [-0.3, -0.25) is 4.79 Å².